The number of ether oxygens (including phenoxy) is 1. The maximum absolute atomic E-state index is 12.7. The van der Waals surface area contributed by atoms with Gasteiger partial charge in [0, 0.05) is 30.7 Å². The quantitative estimate of drug-likeness (QED) is 0.0719. The highest BCUT2D eigenvalue weighted by atomic mass is 32.2. The maximum Gasteiger partial charge on any atom is 0.328 e. The number of benzene rings is 1. The molecule has 0 bridgehead atoms. The number of amides is 2. The molecule has 2 amide bonds. The molecule has 0 aliphatic carbocycles. The number of hydrogen-bond acceptors (Lipinski definition) is 10. The average molecular weight is 583 g/mol. The van der Waals surface area contributed by atoms with E-state index in [2.05, 4.69) is 31.1 Å². The number of hydrazone groups is 1. The first-order chi connectivity index (χ1) is 19.7. The number of unbranched alkanes of at least 4 members (excludes halogenated alkanes) is 1. The fourth-order valence-corrected chi connectivity index (χ4v) is 4.34. The number of pyridine rings is 2. The van der Waals surface area contributed by atoms with Gasteiger partial charge in [-0.1, -0.05) is 24.3 Å². The number of carbonyl (C=O) groups excluding carboxylic acids is 3. The van der Waals surface area contributed by atoms with Crippen molar-refractivity contribution in [3.63, 3.8) is 0 Å². The molecule has 1 aromatic carbocycles. The summed E-state index contributed by atoms with van der Waals surface area (Å²) in [7, 11) is -3.18. The Morgan fingerprint density at radius 2 is 1.88 bits per heavy atom. The number of esters is 1. The maximum atomic E-state index is 12.7. The molecule has 3 rings (SSSR count). The molecule has 0 spiro atoms. The van der Waals surface area contributed by atoms with Gasteiger partial charge < -0.3 is 15.4 Å². The first-order valence-electron chi connectivity index (χ1n) is 12.5. The van der Waals surface area contributed by atoms with Gasteiger partial charge in [-0.2, -0.15) is 13.5 Å². The van der Waals surface area contributed by atoms with Crippen LogP contribution in [0.4, 0.5) is 5.82 Å². The number of methoxy groups -OCH3 is 1. The van der Waals surface area contributed by atoms with Crippen LogP contribution in [0.1, 0.15) is 40.7 Å². The summed E-state index contributed by atoms with van der Waals surface area (Å²) in [6.45, 7) is 0.420. The number of aromatic nitrogens is 2. The molecule has 14 heteroatoms. The van der Waals surface area contributed by atoms with Crippen LogP contribution in [0.2, 0.25) is 0 Å². The summed E-state index contributed by atoms with van der Waals surface area (Å²) in [5, 5.41) is 9.38. The molecular weight excluding hydrogens is 552 g/mol. The summed E-state index contributed by atoms with van der Waals surface area (Å²) in [6.07, 6.45) is 7.44. The number of nitrogens with one attached hydrogen (secondary N) is 3. The van der Waals surface area contributed by atoms with Gasteiger partial charge in [0.1, 0.15) is 16.8 Å². The van der Waals surface area contributed by atoms with Crippen molar-refractivity contribution < 1.29 is 32.1 Å². The minimum Gasteiger partial charge on any atom is -0.467 e. The van der Waals surface area contributed by atoms with Gasteiger partial charge in [0.2, 0.25) is 5.91 Å². The molecule has 2 heterocycles. The van der Waals surface area contributed by atoms with Gasteiger partial charge >= 0.3 is 5.97 Å². The standard InChI is InChI=1S/C27H30N6O7S/c1-40-27(36)22(9-4-5-14-29-25(34)15-19-7-6-13-28-16-19)32-26(35)21-11-12-24(30-17-21)33-31-18-20-8-2-3-10-23(20)41(37,38)39/h2-3,6-8,10-13,16-18,22H,4-5,9,14-15H2,1H3,(H,29,34)(H,30,33)(H,32,35)(H,37,38,39)/b31-18+. The van der Waals surface area contributed by atoms with Crippen LogP contribution in [0, 0.1) is 0 Å². The number of rotatable bonds is 14. The molecule has 0 saturated carbocycles. The predicted molar refractivity (Wildman–Crippen MR) is 150 cm³/mol. The third-order valence-electron chi connectivity index (χ3n) is 5.73. The van der Waals surface area contributed by atoms with E-state index in [1.165, 1.54) is 49.9 Å². The molecular formula is C27H30N6O7S. The van der Waals surface area contributed by atoms with Crippen LogP contribution in [0.15, 0.2) is 77.1 Å². The van der Waals surface area contributed by atoms with E-state index in [1.807, 2.05) is 6.07 Å². The lowest BCUT2D eigenvalue weighted by molar-refractivity contribution is -0.143. The summed E-state index contributed by atoms with van der Waals surface area (Å²) < 4.78 is 37.1. The fourth-order valence-electron chi connectivity index (χ4n) is 3.67. The highest BCUT2D eigenvalue weighted by Crippen LogP contribution is 2.13. The molecule has 0 aliphatic heterocycles. The molecule has 0 radical (unpaired) electrons. The number of anilines is 1. The van der Waals surface area contributed by atoms with Gasteiger partial charge in [0.25, 0.3) is 16.0 Å². The van der Waals surface area contributed by atoms with Crippen molar-refractivity contribution >= 4 is 39.9 Å². The minimum absolute atomic E-state index is 0.130. The largest absolute Gasteiger partial charge is 0.467 e. The van der Waals surface area contributed by atoms with Crippen molar-refractivity contribution in [3.05, 3.63) is 83.8 Å². The van der Waals surface area contributed by atoms with Gasteiger partial charge in [-0.05, 0) is 49.1 Å². The Labute approximate surface area is 237 Å². The molecule has 1 atom stereocenters. The normalized spacial score (nSPS) is 12.0. The number of hydrogen-bond donors (Lipinski definition) is 4. The lowest BCUT2D eigenvalue weighted by Gasteiger charge is -2.16. The van der Waals surface area contributed by atoms with Gasteiger partial charge in [-0.15, -0.1) is 0 Å². The number of nitrogens with zero attached hydrogens (tertiary/aromatic N) is 3. The molecule has 1 unspecified atom stereocenters. The van der Waals surface area contributed by atoms with Crippen molar-refractivity contribution in [2.24, 2.45) is 5.10 Å². The Hall–Kier alpha value is -4.69. The van der Waals surface area contributed by atoms with E-state index < -0.39 is 28.0 Å². The van der Waals surface area contributed by atoms with E-state index in [4.69, 9.17) is 4.74 Å². The molecule has 13 nitrogen and oxygen atoms in total. The van der Waals surface area contributed by atoms with E-state index in [1.54, 1.807) is 24.5 Å². The smallest absolute Gasteiger partial charge is 0.328 e. The third-order valence-corrected chi connectivity index (χ3v) is 6.65. The second kappa shape index (κ2) is 15.2. The second-order valence-corrected chi connectivity index (χ2v) is 10.1. The van der Waals surface area contributed by atoms with Crippen LogP contribution in [0.5, 0.6) is 0 Å². The van der Waals surface area contributed by atoms with E-state index >= 15 is 0 Å². The monoisotopic (exact) mass is 582 g/mol. The first kappa shape index (κ1) is 30.8. The second-order valence-electron chi connectivity index (χ2n) is 8.75. The molecule has 0 saturated heterocycles. The summed E-state index contributed by atoms with van der Waals surface area (Å²) in [5.41, 5.74) is 3.78. The van der Waals surface area contributed by atoms with Crippen LogP contribution in [-0.2, 0) is 30.9 Å². The Balaban J connectivity index is 1.47. The summed E-state index contributed by atoms with van der Waals surface area (Å²) in [4.78, 5) is 44.8. The topological polar surface area (TPSA) is 189 Å². The highest BCUT2D eigenvalue weighted by Gasteiger charge is 2.22. The third kappa shape index (κ3) is 10.1. The molecule has 0 aliphatic rings. The van der Waals surface area contributed by atoms with Crippen molar-refractivity contribution in [2.45, 2.75) is 36.6 Å². The summed E-state index contributed by atoms with van der Waals surface area (Å²) >= 11 is 0. The van der Waals surface area contributed by atoms with Crippen LogP contribution < -0.4 is 16.1 Å². The Morgan fingerprint density at radius 3 is 2.56 bits per heavy atom. The van der Waals surface area contributed by atoms with E-state index in [0.29, 0.717) is 25.8 Å². The minimum atomic E-state index is -4.42. The Kier molecular flexibility index (Phi) is 11.4. The molecule has 3 aromatic rings. The zero-order valence-electron chi connectivity index (χ0n) is 22.2. The molecule has 216 valence electrons. The van der Waals surface area contributed by atoms with Crippen LogP contribution in [0.3, 0.4) is 0 Å². The van der Waals surface area contributed by atoms with Crippen molar-refractivity contribution in [3.8, 4) is 0 Å². The van der Waals surface area contributed by atoms with E-state index in [-0.39, 0.29) is 34.2 Å². The SMILES string of the molecule is COC(=O)C(CCCCNC(=O)Cc1cccnc1)NC(=O)c1ccc(N/N=C/c2ccccc2S(=O)(=O)O)nc1. The van der Waals surface area contributed by atoms with Crippen molar-refractivity contribution in [1.29, 1.82) is 0 Å². The molecule has 4 N–H and O–H groups in total. The van der Waals surface area contributed by atoms with Gasteiger partial charge in [0.05, 0.1) is 25.3 Å². The van der Waals surface area contributed by atoms with Gasteiger partial charge in [0.15, 0.2) is 0 Å². The van der Waals surface area contributed by atoms with Crippen molar-refractivity contribution in [1.82, 2.24) is 20.6 Å². The van der Waals surface area contributed by atoms with Gasteiger partial charge in [-0.3, -0.25) is 24.6 Å². The molecule has 2 aromatic heterocycles. The number of carbonyl (C=O) groups is 3. The van der Waals surface area contributed by atoms with Crippen LogP contribution >= 0.6 is 0 Å². The van der Waals surface area contributed by atoms with Crippen LogP contribution in [-0.4, -0.2) is 66.6 Å². The summed E-state index contributed by atoms with van der Waals surface area (Å²) in [6, 6.07) is 11.4. The molecule has 0 fully saturated rings. The van der Waals surface area contributed by atoms with Crippen molar-refractivity contribution in [2.75, 3.05) is 19.1 Å². The predicted octanol–water partition coefficient (Wildman–Crippen LogP) is 1.97. The molecule has 41 heavy (non-hydrogen) atoms. The zero-order valence-corrected chi connectivity index (χ0v) is 23.0. The Bertz CT molecular complexity index is 1460. The fraction of sp³-hybridized carbons (Fsp3) is 0.259. The average Bonchev–Trinajstić information content (AvgIpc) is 2.96. The van der Waals surface area contributed by atoms with Crippen LogP contribution in [0.25, 0.3) is 0 Å². The highest BCUT2D eigenvalue weighted by molar-refractivity contribution is 7.86. The van der Waals surface area contributed by atoms with E-state index in [9.17, 15) is 27.4 Å². The summed E-state index contributed by atoms with van der Waals surface area (Å²) in [5.74, 6) is -0.994. The zero-order chi connectivity index (χ0) is 29.7. The van der Waals surface area contributed by atoms with Gasteiger partial charge in [-0.25, -0.2) is 9.78 Å². The first-order valence-corrected chi connectivity index (χ1v) is 14.0. The lowest BCUT2D eigenvalue weighted by Crippen LogP contribution is -2.41. The Morgan fingerprint density at radius 1 is 1.07 bits per heavy atom. The lowest BCUT2D eigenvalue weighted by atomic mass is 10.1. The van der Waals surface area contributed by atoms with E-state index in [0.717, 1.165) is 5.56 Å².